The molecule has 144 valence electrons. The fourth-order valence-corrected chi connectivity index (χ4v) is 6.56. The number of carbonyl (C=O) groups is 2. The van der Waals surface area contributed by atoms with Gasteiger partial charge in [0.1, 0.15) is 9.77 Å². The number of carbonyl (C=O) groups excluding carboxylic acids is 2. The van der Waals surface area contributed by atoms with E-state index < -0.39 is 16.0 Å². The normalized spacial score (nSPS) is 25.8. The number of fused-ring (bicyclic) bond motifs is 1. The molecule has 0 unspecified atom stereocenters. The standard InChI is InChI=1S/C16H22N2O6S2/c1-24-16(21)14-13(3-7-25-14)26(22,23)18-5-2-10-8-11(12(10)9-18)15(20)17-4-6-19/h3,7,10-12,19H,2,4-6,8-9H2,1H3,(H,17,20)/t10-,11-,12-/m1/s1. The fraction of sp³-hybridized carbons (Fsp3) is 0.625. The van der Waals surface area contributed by atoms with E-state index in [1.807, 2.05) is 0 Å². The van der Waals surface area contributed by atoms with Gasteiger partial charge in [-0.15, -0.1) is 11.3 Å². The van der Waals surface area contributed by atoms with Gasteiger partial charge in [0.25, 0.3) is 0 Å². The van der Waals surface area contributed by atoms with E-state index >= 15 is 0 Å². The molecule has 8 nitrogen and oxygen atoms in total. The summed E-state index contributed by atoms with van der Waals surface area (Å²) in [6.45, 7) is 0.721. The Balaban J connectivity index is 1.75. The van der Waals surface area contributed by atoms with Gasteiger partial charge >= 0.3 is 5.97 Å². The maximum Gasteiger partial charge on any atom is 0.349 e. The third kappa shape index (κ3) is 3.38. The van der Waals surface area contributed by atoms with Gasteiger partial charge in [-0.2, -0.15) is 4.31 Å². The molecule has 2 heterocycles. The predicted octanol–water partition coefficient (Wildman–Crippen LogP) is 0.290. The first-order valence-corrected chi connectivity index (χ1v) is 10.8. The molecular weight excluding hydrogens is 380 g/mol. The van der Waals surface area contributed by atoms with Gasteiger partial charge < -0.3 is 15.2 Å². The largest absolute Gasteiger partial charge is 0.465 e. The van der Waals surface area contributed by atoms with E-state index in [0.29, 0.717) is 18.9 Å². The Hall–Kier alpha value is -1.49. The number of rotatable bonds is 6. The van der Waals surface area contributed by atoms with Crippen molar-refractivity contribution in [3.05, 3.63) is 16.3 Å². The summed E-state index contributed by atoms with van der Waals surface area (Å²) in [5.41, 5.74) is 0. The Morgan fingerprint density at radius 1 is 1.46 bits per heavy atom. The summed E-state index contributed by atoms with van der Waals surface area (Å²) < 4.78 is 32.0. The van der Waals surface area contributed by atoms with Gasteiger partial charge in [-0.05, 0) is 36.1 Å². The topological polar surface area (TPSA) is 113 Å². The lowest BCUT2D eigenvalue weighted by atomic mass is 9.61. The third-order valence-electron chi connectivity index (χ3n) is 5.21. The van der Waals surface area contributed by atoms with Crippen LogP contribution in [0, 0.1) is 17.8 Å². The van der Waals surface area contributed by atoms with Crippen LogP contribution in [0.25, 0.3) is 0 Å². The number of amides is 1. The molecule has 26 heavy (non-hydrogen) atoms. The molecule has 1 aliphatic carbocycles. The highest BCUT2D eigenvalue weighted by atomic mass is 32.2. The van der Waals surface area contributed by atoms with Crippen LogP contribution in [-0.4, -0.2) is 63.1 Å². The van der Waals surface area contributed by atoms with Gasteiger partial charge in [-0.25, -0.2) is 13.2 Å². The highest BCUT2D eigenvalue weighted by molar-refractivity contribution is 7.89. The average molecular weight is 402 g/mol. The highest BCUT2D eigenvalue weighted by Gasteiger charge is 2.49. The van der Waals surface area contributed by atoms with Crippen LogP contribution in [0.15, 0.2) is 16.3 Å². The molecule has 2 N–H and O–H groups in total. The van der Waals surface area contributed by atoms with E-state index in [2.05, 4.69) is 10.1 Å². The number of hydrogen-bond donors (Lipinski definition) is 2. The van der Waals surface area contributed by atoms with Crippen molar-refractivity contribution in [3.8, 4) is 0 Å². The molecule has 3 atom stereocenters. The molecule has 0 aromatic carbocycles. The van der Waals surface area contributed by atoms with E-state index in [-0.39, 0.29) is 47.2 Å². The maximum absolute atomic E-state index is 13.0. The van der Waals surface area contributed by atoms with Crippen LogP contribution in [0.3, 0.4) is 0 Å². The third-order valence-corrected chi connectivity index (χ3v) is 8.14. The highest BCUT2D eigenvalue weighted by Crippen LogP contribution is 2.46. The predicted molar refractivity (Wildman–Crippen MR) is 94.2 cm³/mol. The Kier molecular flexibility index (Phi) is 5.66. The molecule has 2 aliphatic rings. The molecule has 0 radical (unpaired) electrons. The van der Waals surface area contributed by atoms with E-state index in [1.165, 1.54) is 17.5 Å². The molecule has 1 aliphatic heterocycles. The summed E-state index contributed by atoms with van der Waals surface area (Å²) >= 11 is 1.03. The number of ether oxygens (including phenoxy) is 1. The van der Waals surface area contributed by atoms with Crippen LogP contribution in [0.5, 0.6) is 0 Å². The lowest BCUT2D eigenvalue weighted by molar-refractivity contribution is -0.135. The molecule has 1 saturated heterocycles. The number of sulfonamides is 1. The van der Waals surface area contributed by atoms with Crippen LogP contribution in [0.2, 0.25) is 0 Å². The van der Waals surface area contributed by atoms with Crippen molar-refractivity contribution in [1.82, 2.24) is 9.62 Å². The Morgan fingerprint density at radius 3 is 2.92 bits per heavy atom. The number of aliphatic hydroxyl groups excluding tert-OH is 1. The van der Waals surface area contributed by atoms with Crippen molar-refractivity contribution in [1.29, 1.82) is 0 Å². The first-order valence-electron chi connectivity index (χ1n) is 8.44. The van der Waals surface area contributed by atoms with Crippen LogP contribution >= 0.6 is 11.3 Å². The summed E-state index contributed by atoms with van der Waals surface area (Å²) in [6.07, 6.45) is 1.45. The summed E-state index contributed by atoms with van der Waals surface area (Å²) in [7, 11) is -2.61. The first kappa shape index (κ1) is 19.3. The monoisotopic (exact) mass is 402 g/mol. The summed E-state index contributed by atoms with van der Waals surface area (Å²) in [6, 6.07) is 1.42. The molecule has 1 saturated carbocycles. The average Bonchev–Trinajstić information content (AvgIpc) is 3.10. The first-order chi connectivity index (χ1) is 12.4. The van der Waals surface area contributed by atoms with Crippen LogP contribution < -0.4 is 5.32 Å². The number of esters is 1. The zero-order valence-corrected chi connectivity index (χ0v) is 16.0. The van der Waals surface area contributed by atoms with Crippen molar-refractivity contribution in [2.45, 2.75) is 17.7 Å². The molecule has 1 amide bonds. The van der Waals surface area contributed by atoms with Crippen molar-refractivity contribution < 1.29 is 27.9 Å². The van der Waals surface area contributed by atoms with Gasteiger partial charge in [0.2, 0.25) is 15.9 Å². The van der Waals surface area contributed by atoms with Gasteiger partial charge in [0.15, 0.2) is 0 Å². The second-order valence-corrected chi connectivity index (χ2v) is 9.36. The molecular formula is C16H22N2O6S2. The molecule has 10 heteroatoms. The van der Waals surface area contributed by atoms with Gasteiger partial charge in [-0.3, -0.25) is 4.79 Å². The molecule has 2 fully saturated rings. The summed E-state index contributed by atoms with van der Waals surface area (Å²) in [5, 5.41) is 13.0. The van der Waals surface area contributed by atoms with Gasteiger partial charge in [0.05, 0.1) is 13.7 Å². The van der Waals surface area contributed by atoms with E-state index in [0.717, 1.165) is 17.8 Å². The molecule has 0 bridgehead atoms. The van der Waals surface area contributed by atoms with Crippen molar-refractivity contribution in [2.24, 2.45) is 17.8 Å². The number of nitrogens with zero attached hydrogens (tertiary/aromatic N) is 1. The number of aliphatic hydroxyl groups is 1. The maximum atomic E-state index is 13.0. The molecule has 1 aromatic rings. The summed E-state index contributed by atoms with van der Waals surface area (Å²) in [5.74, 6) is -0.720. The minimum absolute atomic E-state index is 0.0302. The number of thiophene rings is 1. The van der Waals surface area contributed by atoms with Gasteiger partial charge in [-0.1, -0.05) is 0 Å². The number of hydrogen-bond acceptors (Lipinski definition) is 7. The second-order valence-electron chi connectivity index (χ2n) is 6.54. The fourth-order valence-electron chi connectivity index (χ4n) is 3.76. The Morgan fingerprint density at radius 2 is 2.23 bits per heavy atom. The van der Waals surface area contributed by atoms with Crippen LogP contribution in [-0.2, 0) is 19.6 Å². The zero-order valence-electron chi connectivity index (χ0n) is 14.4. The zero-order chi connectivity index (χ0) is 18.9. The van der Waals surface area contributed by atoms with Crippen molar-refractivity contribution in [2.75, 3.05) is 33.4 Å². The molecule has 1 aromatic heterocycles. The summed E-state index contributed by atoms with van der Waals surface area (Å²) in [4.78, 5) is 24.0. The van der Waals surface area contributed by atoms with Crippen LogP contribution in [0.1, 0.15) is 22.5 Å². The number of nitrogens with one attached hydrogen (secondary N) is 1. The molecule has 0 spiro atoms. The molecule has 3 rings (SSSR count). The lowest BCUT2D eigenvalue weighted by Crippen LogP contribution is -2.56. The lowest BCUT2D eigenvalue weighted by Gasteiger charge is -2.49. The minimum Gasteiger partial charge on any atom is -0.465 e. The van der Waals surface area contributed by atoms with E-state index in [4.69, 9.17) is 5.11 Å². The minimum atomic E-state index is -3.82. The number of methoxy groups -OCH3 is 1. The van der Waals surface area contributed by atoms with E-state index in [1.54, 1.807) is 5.38 Å². The van der Waals surface area contributed by atoms with Crippen LogP contribution in [0.4, 0.5) is 0 Å². The van der Waals surface area contributed by atoms with E-state index in [9.17, 15) is 18.0 Å². The Labute approximate surface area is 156 Å². The smallest absolute Gasteiger partial charge is 0.349 e. The quantitative estimate of drug-likeness (QED) is 0.662. The van der Waals surface area contributed by atoms with Crippen molar-refractivity contribution in [3.63, 3.8) is 0 Å². The second kappa shape index (κ2) is 7.63. The van der Waals surface area contributed by atoms with Gasteiger partial charge in [0, 0.05) is 25.6 Å². The number of piperidine rings is 1. The Bertz CT molecular complexity index is 790. The SMILES string of the molecule is COC(=O)c1sccc1S(=O)(=O)N1CC[C@@H]2C[C@@H](C(=O)NCCO)[C@@H]2C1. The van der Waals surface area contributed by atoms with Crippen molar-refractivity contribution >= 4 is 33.2 Å².